The summed E-state index contributed by atoms with van der Waals surface area (Å²) < 4.78 is 5.42. The Morgan fingerprint density at radius 2 is 2.14 bits per heavy atom. The van der Waals surface area contributed by atoms with Gasteiger partial charge in [-0.3, -0.25) is 5.43 Å². The largest absolute Gasteiger partial charge is 0.442 e. The molecule has 1 saturated heterocycles. The number of nitrogens with zero attached hydrogens (tertiary/aromatic N) is 3. The fourth-order valence-electron chi connectivity index (χ4n) is 1.96. The molecule has 4 N–H and O–H groups in total. The SMILES string of the molecule is CC(C)(C)OC(=O)N(Nc1ncc(N)cn1)[C@@H]1CCNC1. The molecule has 8 heteroatoms. The lowest BCUT2D eigenvalue weighted by molar-refractivity contribution is 0.0232. The van der Waals surface area contributed by atoms with Gasteiger partial charge in [-0.05, 0) is 33.7 Å². The number of anilines is 2. The molecule has 0 aliphatic carbocycles. The Morgan fingerprint density at radius 1 is 1.48 bits per heavy atom. The first kappa shape index (κ1) is 15.3. The van der Waals surface area contributed by atoms with Gasteiger partial charge in [0.15, 0.2) is 0 Å². The topological polar surface area (TPSA) is 105 Å². The molecule has 0 unspecified atom stereocenters. The molecule has 0 radical (unpaired) electrons. The van der Waals surface area contributed by atoms with Crippen LogP contribution in [0.2, 0.25) is 0 Å². The van der Waals surface area contributed by atoms with E-state index < -0.39 is 11.7 Å². The predicted octanol–water partition coefficient (Wildman–Crippen LogP) is 0.985. The number of carbonyl (C=O) groups is 1. The summed E-state index contributed by atoms with van der Waals surface area (Å²) in [5.41, 5.74) is 8.37. The molecule has 0 aromatic carbocycles. The number of hydrazine groups is 1. The van der Waals surface area contributed by atoms with Crippen molar-refractivity contribution in [3.63, 3.8) is 0 Å². The molecular formula is C13H22N6O2. The molecule has 21 heavy (non-hydrogen) atoms. The summed E-state index contributed by atoms with van der Waals surface area (Å²) in [5.74, 6) is 0.307. The molecule has 116 valence electrons. The molecule has 1 aliphatic heterocycles. The average Bonchev–Trinajstić information content (AvgIpc) is 2.89. The van der Waals surface area contributed by atoms with Crippen LogP contribution in [0.4, 0.5) is 16.4 Å². The maximum Gasteiger partial charge on any atom is 0.429 e. The molecule has 1 fully saturated rings. The number of nitrogens with two attached hydrogens (primary N) is 1. The maximum absolute atomic E-state index is 12.4. The smallest absolute Gasteiger partial charge is 0.429 e. The van der Waals surface area contributed by atoms with Gasteiger partial charge in [0.25, 0.3) is 0 Å². The molecule has 0 bridgehead atoms. The molecular weight excluding hydrogens is 272 g/mol. The molecule has 1 amide bonds. The Labute approximate surface area is 124 Å². The molecule has 1 atom stereocenters. The average molecular weight is 294 g/mol. The van der Waals surface area contributed by atoms with Crippen molar-refractivity contribution in [2.75, 3.05) is 24.2 Å². The Hall–Kier alpha value is -2.09. The molecule has 1 aromatic heterocycles. The molecule has 1 aromatic rings. The zero-order valence-corrected chi connectivity index (χ0v) is 12.6. The van der Waals surface area contributed by atoms with E-state index in [2.05, 4.69) is 20.7 Å². The van der Waals surface area contributed by atoms with Crippen molar-refractivity contribution in [1.29, 1.82) is 0 Å². The summed E-state index contributed by atoms with van der Waals surface area (Å²) in [6.45, 7) is 7.04. The van der Waals surface area contributed by atoms with Gasteiger partial charge in [0.2, 0.25) is 5.95 Å². The van der Waals surface area contributed by atoms with E-state index >= 15 is 0 Å². The number of rotatable bonds is 3. The van der Waals surface area contributed by atoms with Crippen LogP contribution in [0.3, 0.4) is 0 Å². The number of nitrogen functional groups attached to an aromatic ring is 1. The maximum atomic E-state index is 12.4. The summed E-state index contributed by atoms with van der Waals surface area (Å²) >= 11 is 0. The molecule has 0 spiro atoms. The van der Waals surface area contributed by atoms with E-state index in [1.807, 2.05) is 20.8 Å². The third kappa shape index (κ3) is 4.45. The second-order valence-corrected chi connectivity index (χ2v) is 5.95. The van der Waals surface area contributed by atoms with Crippen molar-refractivity contribution in [1.82, 2.24) is 20.3 Å². The van der Waals surface area contributed by atoms with E-state index in [1.165, 1.54) is 17.4 Å². The first-order chi connectivity index (χ1) is 9.85. The van der Waals surface area contributed by atoms with Crippen LogP contribution in [0, 0.1) is 0 Å². The lowest BCUT2D eigenvalue weighted by atomic mass is 10.2. The van der Waals surface area contributed by atoms with E-state index in [4.69, 9.17) is 10.5 Å². The van der Waals surface area contributed by atoms with Crippen molar-refractivity contribution in [2.24, 2.45) is 0 Å². The van der Waals surface area contributed by atoms with E-state index in [9.17, 15) is 4.79 Å². The second kappa shape index (κ2) is 6.13. The van der Waals surface area contributed by atoms with Gasteiger partial charge in [0.05, 0.1) is 24.1 Å². The van der Waals surface area contributed by atoms with Crippen molar-refractivity contribution < 1.29 is 9.53 Å². The van der Waals surface area contributed by atoms with E-state index in [0.29, 0.717) is 18.2 Å². The minimum absolute atomic E-state index is 0.0130. The van der Waals surface area contributed by atoms with Crippen molar-refractivity contribution in [3.05, 3.63) is 12.4 Å². The van der Waals surface area contributed by atoms with Gasteiger partial charge in [-0.1, -0.05) is 0 Å². The Balaban J connectivity index is 2.11. The van der Waals surface area contributed by atoms with Crippen LogP contribution in [-0.4, -0.2) is 45.8 Å². The van der Waals surface area contributed by atoms with E-state index in [1.54, 1.807) is 0 Å². The third-order valence-corrected chi connectivity index (χ3v) is 2.88. The van der Waals surface area contributed by atoms with Crippen molar-refractivity contribution in [3.8, 4) is 0 Å². The monoisotopic (exact) mass is 294 g/mol. The molecule has 2 heterocycles. The minimum Gasteiger partial charge on any atom is -0.442 e. The molecule has 2 rings (SSSR count). The standard InChI is InChI=1S/C13H22N6O2/c1-13(2,3)21-12(20)19(10-4-5-15-8-10)18-11-16-6-9(14)7-17-11/h6-7,10,15H,4-5,8,14H2,1-3H3,(H,16,17,18)/t10-/m1/s1. The number of hydrogen-bond acceptors (Lipinski definition) is 7. The number of amides is 1. The highest BCUT2D eigenvalue weighted by Crippen LogP contribution is 2.16. The predicted molar refractivity (Wildman–Crippen MR) is 79.4 cm³/mol. The highest BCUT2D eigenvalue weighted by atomic mass is 16.6. The molecule has 0 saturated carbocycles. The fourth-order valence-corrected chi connectivity index (χ4v) is 1.96. The van der Waals surface area contributed by atoms with Crippen LogP contribution in [0.15, 0.2) is 12.4 Å². The van der Waals surface area contributed by atoms with Gasteiger partial charge in [-0.2, -0.15) is 0 Å². The van der Waals surface area contributed by atoms with Crippen molar-refractivity contribution >= 4 is 17.7 Å². The van der Waals surface area contributed by atoms with Crippen LogP contribution in [0.5, 0.6) is 0 Å². The molecule has 8 nitrogen and oxygen atoms in total. The lowest BCUT2D eigenvalue weighted by Gasteiger charge is -2.31. The number of hydrogen-bond donors (Lipinski definition) is 3. The lowest BCUT2D eigenvalue weighted by Crippen LogP contribution is -2.48. The zero-order valence-electron chi connectivity index (χ0n) is 12.6. The van der Waals surface area contributed by atoms with Gasteiger partial charge in [0.1, 0.15) is 5.60 Å². The van der Waals surface area contributed by atoms with Crippen LogP contribution in [-0.2, 0) is 4.74 Å². The summed E-state index contributed by atoms with van der Waals surface area (Å²) in [6, 6.07) is -0.0130. The minimum atomic E-state index is -0.564. The van der Waals surface area contributed by atoms with Gasteiger partial charge >= 0.3 is 6.09 Å². The number of aromatic nitrogens is 2. The summed E-state index contributed by atoms with van der Waals surface area (Å²) in [4.78, 5) is 20.5. The number of ether oxygens (including phenoxy) is 1. The highest BCUT2D eigenvalue weighted by Gasteiger charge is 2.31. The van der Waals surface area contributed by atoms with Crippen LogP contribution >= 0.6 is 0 Å². The van der Waals surface area contributed by atoms with Crippen molar-refractivity contribution in [2.45, 2.75) is 38.8 Å². The second-order valence-electron chi connectivity index (χ2n) is 5.95. The van der Waals surface area contributed by atoms with Gasteiger partial charge in [-0.15, -0.1) is 0 Å². The Morgan fingerprint density at radius 3 is 2.67 bits per heavy atom. The summed E-state index contributed by atoms with van der Waals surface area (Å²) in [7, 11) is 0. The van der Waals surface area contributed by atoms with Gasteiger partial charge in [0, 0.05) is 6.54 Å². The summed E-state index contributed by atoms with van der Waals surface area (Å²) in [5, 5.41) is 4.66. The number of carbonyl (C=O) groups excluding carboxylic acids is 1. The van der Waals surface area contributed by atoms with Gasteiger partial charge in [-0.25, -0.2) is 19.8 Å². The highest BCUT2D eigenvalue weighted by molar-refractivity contribution is 5.70. The zero-order chi connectivity index (χ0) is 15.5. The van der Waals surface area contributed by atoms with Crippen LogP contribution in [0.1, 0.15) is 27.2 Å². The molecule has 1 aliphatic rings. The third-order valence-electron chi connectivity index (χ3n) is 2.88. The van der Waals surface area contributed by atoms with Gasteiger partial charge < -0.3 is 15.8 Å². The normalized spacial score (nSPS) is 18.3. The Bertz CT molecular complexity index is 478. The van der Waals surface area contributed by atoms with E-state index in [0.717, 1.165) is 13.0 Å². The Kier molecular flexibility index (Phi) is 4.46. The summed E-state index contributed by atoms with van der Waals surface area (Å²) in [6.07, 6.45) is 3.35. The van der Waals surface area contributed by atoms with Crippen LogP contribution < -0.4 is 16.5 Å². The van der Waals surface area contributed by atoms with Crippen LogP contribution in [0.25, 0.3) is 0 Å². The first-order valence-corrected chi connectivity index (χ1v) is 6.92. The fraction of sp³-hybridized carbons (Fsp3) is 0.615. The van der Waals surface area contributed by atoms with E-state index in [-0.39, 0.29) is 6.04 Å². The number of nitrogens with one attached hydrogen (secondary N) is 2. The quantitative estimate of drug-likeness (QED) is 0.714. The first-order valence-electron chi connectivity index (χ1n) is 6.92.